The van der Waals surface area contributed by atoms with Crippen LogP contribution >= 0.6 is 0 Å². The maximum Gasteiger partial charge on any atom is 0.418 e. The van der Waals surface area contributed by atoms with Gasteiger partial charge in [0.05, 0.1) is 22.7 Å². The van der Waals surface area contributed by atoms with Crippen LogP contribution in [0.25, 0.3) is 0 Å². The normalized spacial score (nSPS) is 12.5. The standard InChI is InChI=1S/C13H12F3N3/c1-9(11-7-4-8-17-11)18-19-12-6-3-2-5-10(12)13(14,15)16/h2-8,17,19H,1H3/b18-9+. The number of alkyl halides is 3. The molecular weight excluding hydrogens is 255 g/mol. The minimum atomic E-state index is -4.40. The molecule has 3 nitrogen and oxygen atoms in total. The van der Waals surface area contributed by atoms with Gasteiger partial charge in [-0.25, -0.2) is 0 Å². The Morgan fingerprint density at radius 1 is 1.16 bits per heavy atom. The highest BCUT2D eigenvalue weighted by atomic mass is 19.4. The number of aromatic amines is 1. The number of nitrogens with one attached hydrogen (secondary N) is 2. The summed E-state index contributed by atoms with van der Waals surface area (Å²) in [7, 11) is 0. The lowest BCUT2D eigenvalue weighted by Gasteiger charge is -2.12. The van der Waals surface area contributed by atoms with E-state index in [1.165, 1.54) is 18.2 Å². The van der Waals surface area contributed by atoms with E-state index in [0.29, 0.717) is 5.71 Å². The second-order valence-electron chi connectivity index (χ2n) is 3.94. The number of para-hydroxylation sites is 1. The van der Waals surface area contributed by atoms with Gasteiger partial charge in [0.2, 0.25) is 0 Å². The molecule has 6 heteroatoms. The van der Waals surface area contributed by atoms with Gasteiger partial charge in [-0.15, -0.1) is 0 Å². The molecule has 0 bridgehead atoms. The number of hydrazone groups is 1. The molecule has 100 valence electrons. The van der Waals surface area contributed by atoms with Crippen LogP contribution in [0.1, 0.15) is 18.2 Å². The number of hydrogen-bond donors (Lipinski definition) is 2. The molecule has 19 heavy (non-hydrogen) atoms. The monoisotopic (exact) mass is 267 g/mol. The number of anilines is 1. The lowest BCUT2D eigenvalue weighted by atomic mass is 10.2. The van der Waals surface area contributed by atoms with Crippen molar-refractivity contribution in [3.05, 3.63) is 53.9 Å². The van der Waals surface area contributed by atoms with E-state index in [1.807, 2.05) is 0 Å². The minimum absolute atomic E-state index is 0.0686. The van der Waals surface area contributed by atoms with Crippen LogP contribution in [-0.2, 0) is 6.18 Å². The summed E-state index contributed by atoms with van der Waals surface area (Å²) >= 11 is 0. The van der Waals surface area contributed by atoms with Gasteiger partial charge in [-0.3, -0.25) is 5.43 Å². The zero-order valence-electron chi connectivity index (χ0n) is 10.1. The van der Waals surface area contributed by atoms with Gasteiger partial charge in [-0.05, 0) is 31.2 Å². The van der Waals surface area contributed by atoms with Crippen molar-refractivity contribution in [3.63, 3.8) is 0 Å². The van der Waals surface area contributed by atoms with E-state index in [2.05, 4.69) is 15.5 Å². The van der Waals surface area contributed by atoms with Crippen molar-refractivity contribution in [2.24, 2.45) is 5.10 Å². The zero-order chi connectivity index (χ0) is 13.9. The summed E-state index contributed by atoms with van der Waals surface area (Å²) in [6.07, 6.45) is -2.68. The van der Waals surface area contributed by atoms with Gasteiger partial charge in [0, 0.05) is 6.20 Å². The molecule has 2 aromatic rings. The number of benzene rings is 1. The molecule has 2 N–H and O–H groups in total. The quantitative estimate of drug-likeness (QED) is 0.643. The minimum Gasteiger partial charge on any atom is -0.360 e. The van der Waals surface area contributed by atoms with Crippen LogP contribution in [-0.4, -0.2) is 10.7 Å². The van der Waals surface area contributed by atoms with Gasteiger partial charge >= 0.3 is 6.18 Å². The number of hydrogen-bond acceptors (Lipinski definition) is 2. The molecule has 0 unspecified atom stereocenters. The van der Waals surface area contributed by atoms with E-state index in [0.717, 1.165) is 11.8 Å². The van der Waals surface area contributed by atoms with Crippen molar-refractivity contribution in [2.45, 2.75) is 13.1 Å². The number of halogens is 3. The fraction of sp³-hybridized carbons (Fsp3) is 0.154. The van der Waals surface area contributed by atoms with Gasteiger partial charge < -0.3 is 4.98 Å². The summed E-state index contributed by atoms with van der Waals surface area (Å²) in [5.74, 6) is 0. The van der Waals surface area contributed by atoms with Gasteiger partial charge in [-0.1, -0.05) is 12.1 Å². The Labute approximate surface area is 108 Å². The largest absolute Gasteiger partial charge is 0.418 e. The number of nitrogens with zero attached hydrogens (tertiary/aromatic N) is 1. The lowest BCUT2D eigenvalue weighted by Crippen LogP contribution is -2.09. The van der Waals surface area contributed by atoms with Gasteiger partial charge in [0.15, 0.2) is 0 Å². The molecule has 0 amide bonds. The third kappa shape index (κ3) is 3.15. The topological polar surface area (TPSA) is 40.2 Å². The average molecular weight is 267 g/mol. The second kappa shape index (κ2) is 5.17. The van der Waals surface area contributed by atoms with E-state index in [9.17, 15) is 13.2 Å². The molecule has 0 saturated carbocycles. The molecule has 1 heterocycles. The third-order valence-corrected chi connectivity index (χ3v) is 2.56. The van der Waals surface area contributed by atoms with Crippen LogP contribution in [0.15, 0.2) is 47.7 Å². The Kier molecular flexibility index (Phi) is 3.59. The van der Waals surface area contributed by atoms with Crippen LogP contribution < -0.4 is 5.43 Å². The molecule has 0 aliphatic rings. The second-order valence-corrected chi connectivity index (χ2v) is 3.94. The molecular formula is C13H12F3N3. The highest BCUT2D eigenvalue weighted by Gasteiger charge is 2.33. The van der Waals surface area contributed by atoms with Crippen molar-refractivity contribution in [3.8, 4) is 0 Å². The predicted molar refractivity (Wildman–Crippen MR) is 68.1 cm³/mol. The Balaban J connectivity index is 2.23. The van der Waals surface area contributed by atoms with E-state index in [1.54, 1.807) is 25.3 Å². The summed E-state index contributed by atoms with van der Waals surface area (Å²) in [5, 5.41) is 3.95. The van der Waals surface area contributed by atoms with Gasteiger partial charge in [0.1, 0.15) is 0 Å². The third-order valence-electron chi connectivity index (χ3n) is 2.56. The lowest BCUT2D eigenvalue weighted by molar-refractivity contribution is -0.136. The Hall–Kier alpha value is -2.24. The summed E-state index contributed by atoms with van der Waals surface area (Å²) in [6, 6.07) is 8.80. The summed E-state index contributed by atoms with van der Waals surface area (Å²) in [5.41, 5.74) is 2.97. The number of aromatic nitrogens is 1. The number of rotatable bonds is 3. The molecule has 2 rings (SSSR count). The van der Waals surface area contributed by atoms with Crippen molar-refractivity contribution in [1.29, 1.82) is 0 Å². The van der Waals surface area contributed by atoms with E-state index in [-0.39, 0.29) is 5.69 Å². The molecule has 0 atom stereocenters. The molecule has 0 aliphatic heterocycles. The molecule has 0 fully saturated rings. The zero-order valence-corrected chi connectivity index (χ0v) is 10.1. The summed E-state index contributed by atoms with van der Waals surface area (Å²) < 4.78 is 38.3. The average Bonchev–Trinajstić information content (AvgIpc) is 2.89. The Bertz CT molecular complexity index is 571. The van der Waals surface area contributed by atoms with Gasteiger partial charge in [0.25, 0.3) is 0 Å². The number of H-pyrrole nitrogens is 1. The first-order valence-electron chi connectivity index (χ1n) is 5.59. The maximum atomic E-state index is 12.8. The van der Waals surface area contributed by atoms with Crippen LogP contribution in [0.3, 0.4) is 0 Å². The van der Waals surface area contributed by atoms with Crippen LogP contribution in [0.2, 0.25) is 0 Å². The van der Waals surface area contributed by atoms with E-state index < -0.39 is 11.7 Å². The molecule has 0 aliphatic carbocycles. The molecule has 0 radical (unpaired) electrons. The summed E-state index contributed by atoms with van der Waals surface area (Å²) in [4.78, 5) is 2.93. The first kappa shape index (κ1) is 13.2. The fourth-order valence-electron chi connectivity index (χ4n) is 1.59. The molecule has 0 saturated heterocycles. The first-order valence-corrected chi connectivity index (χ1v) is 5.59. The predicted octanol–water partition coefficient (Wildman–Crippen LogP) is 3.87. The highest BCUT2D eigenvalue weighted by Crippen LogP contribution is 2.34. The van der Waals surface area contributed by atoms with Crippen molar-refractivity contribution < 1.29 is 13.2 Å². The first-order chi connectivity index (χ1) is 8.98. The highest BCUT2D eigenvalue weighted by molar-refractivity contribution is 5.97. The Morgan fingerprint density at radius 2 is 1.89 bits per heavy atom. The van der Waals surface area contributed by atoms with Crippen LogP contribution in [0, 0.1) is 0 Å². The molecule has 1 aromatic heterocycles. The van der Waals surface area contributed by atoms with Crippen molar-refractivity contribution >= 4 is 11.4 Å². The summed E-state index contributed by atoms with van der Waals surface area (Å²) in [6.45, 7) is 1.70. The van der Waals surface area contributed by atoms with Crippen LogP contribution in [0.4, 0.5) is 18.9 Å². The Morgan fingerprint density at radius 3 is 2.53 bits per heavy atom. The maximum absolute atomic E-state index is 12.8. The molecule has 1 aromatic carbocycles. The van der Waals surface area contributed by atoms with Crippen molar-refractivity contribution in [2.75, 3.05) is 5.43 Å². The SMILES string of the molecule is C/C(=N\Nc1ccccc1C(F)(F)F)c1ccc[nH]1. The van der Waals surface area contributed by atoms with Crippen molar-refractivity contribution in [1.82, 2.24) is 4.98 Å². The van der Waals surface area contributed by atoms with E-state index >= 15 is 0 Å². The van der Waals surface area contributed by atoms with Crippen LogP contribution in [0.5, 0.6) is 0 Å². The van der Waals surface area contributed by atoms with E-state index in [4.69, 9.17) is 0 Å². The molecule has 0 spiro atoms. The van der Waals surface area contributed by atoms with Gasteiger partial charge in [-0.2, -0.15) is 18.3 Å². The smallest absolute Gasteiger partial charge is 0.360 e. The fourth-order valence-corrected chi connectivity index (χ4v) is 1.59.